The van der Waals surface area contributed by atoms with Crippen molar-refractivity contribution in [1.29, 1.82) is 0 Å². The molecule has 172 valence electrons. The number of benzene rings is 3. The van der Waals surface area contributed by atoms with Crippen LogP contribution in [0.15, 0.2) is 77.3 Å². The van der Waals surface area contributed by atoms with Gasteiger partial charge in [-0.05, 0) is 55.2 Å². The first kappa shape index (κ1) is 24.7. The summed E-state index contributed by atoms with van der Waals surface area (Å²) in [4.78, 5) is 28.7. The number of halogens is 1. The standard InChI is InChI=1S/C28H31BrN2O2/c1-4-30-28(33)26(17-22-9-6-5-7-10-22)31(19-23-11-8-12-25(29)16-23)27(32)18-24-15-20(2)13-14-21(24)3/h5-16,26H,4,17-19H2,1-3H3,(H,30,33)/t26-/m0/s1. The van der Waals surface area contributed by atoms with Gasteiger partial charge >= 0.3 is 0 Å². The molecule has 4 nitrogen and oxygen atoms in total. The van der Waals surface area contributed by atoms with Crippen molar-refractivity contribution in [2.45, 2.75) is 46.2 Å². The highest BCUT2D eigenvalue weighted by Crippen LogP contribution is 2.20. The SMILES string of the molecule is CCNC(=O)[C@H](Cc1ccccc1)N(Cc1cccc(Br)c1)C(=O)Cc1cc(C)ccc1C. The maximum Gasteiger partial charge on any atom is 0.243 e. The summed E-state index contributed by atoms with van der Waals surface area (Å²) in [5, 5.41) is 2.94. The van der Waals surface area contributed by atoms with Crippen LogP contribution in [0.5, 0.6) is 0 Å². The van der Waals surface area contributed by atoms with Gasteiger partial charge in [0.1, 0.15) is 6.04 Å². The molecule has 0 aromatic heterocycles. The van der Waals surface area contributed by atoms with E-state index in [1.54, 1.807) is 4.90 Å². The molecular formula is C28H31BrN2O2. The smallest absolute Gasteiger partial charge is 0.243 e. The molecule has 0 unspecified atom stereocenters. The Hall–Kier alpha value is -2.92. The highest BCUT2D eigenvalue weighted by molar-refractivity contribution is 9.10. The molecule has 0 saturated carbocycles. The van der Waals surface area contributed by atoms with Crippen molar-refractivity contribution in [2.75, 3.05) is 6.54 Å². The van der Waals surface area contributed by atoms with E-state index in [0.29, 0.717) is 19.5 Å². The fraction of sp³-hybridized carbons (Fsp3) is 0.286. The van der Waals surface area contributed by atoms with E-state index in [2.05, 4.69) is 33.4 Å². The molecule has 5 heteroatoms. The maximum absolute atomic E-state index is 13.7. The molecule has 0 spiro atoms. The van der Waals surface area contributed by atoms with E-state index < -0.39 is 6.04 Å². The summed E-state index contributed by atoms with van der Waals surface area (Å²) >= 11 is 3.52. The lowest BCUT2D eigenvalue weighted by atomic mass is 9.99. The van der Waals surface area contributed by atoms with E-state index in [1.165, 1.54) is 0 Å². The Kier molecular flexibility index (Phi) is 8.84. The fourth-order valence-electron chi connectivity index (χ4n) is 3.93. The van der Waals surface area contributed by atoms with Crippen LogP contribution >= 0.6 is 15.9 Å². The normalized spacial score (nSPS) is 11.6. The first-order valence-electron chi connectivity index (χ1n) is 11.3. The van der Waals surface area contributed by atoms with E-state index >= 15 is 0 Å². The molecule has 0 aliphatic heterocycles. The van der Waals surface area contributed by atoms with Crippen molar-refractivity contribution < 1.29 is 9.59 Å². The molecular weight excluding hydrogens is 476 g/mol. The lowest BCUT2D eigenvalue weighted by molar-refractivity contribution is -0.140. The quantitative estimate of drug-likeness (QED) is 0.423. The maximum atomic E-state index is 13.7. The number of nitrogens with zero attached hydrogens (tertiary/aromatic N) is 1. The molecule has 3 aromatic rings. The third-order valence-corrected chi connectivity index (χ3v) is 6.20. The molecule has 0 aliphatic carbocycles. The third-order valence-electron chi connectivity index (χ3n) is 5.71. The highest BCUT2D eigenvalue weighted by atomic mass is 79.9. The number of carbonyl (C=O) groups is 2. The van der Waals surface area contributed by atoms with Crippen LogP contribution in [-0.4, -0.2) is 29.3 Å². The summed E-state index contributed by atoms with van der Waals surface area (Å²) in [5.41, 5.74) is 5.18. The molecule has 0 heterocycles. The minimum atomic E-state index is -0.607. The van der Waals surface area contributed by atoms with Gasteiger partial charge in [0.15, 0.2) is 0 Å². The number of hydrogen-bond acceptors (Lipinski definition) is 2. The lowest BCUT2D eigenvalue weighted by Crippen LogP contribution is -2.51. The molecule has 0 fully saturated rings. The first-order chi connectivity index (χ1) is 15.9. The average molecular weight is 507 g/mol. The molecule has 3 rings (SSSR count). The van der Waals surface area contributed by atoms with Crippen LogP contribution in [0.25, 0.3) is 0 Å². The van der Waals surface area contributed by atoms with Crippen LogP contribution in [0.2, 0.25) is 0 Å². The Labute approximate surface area is 205 Å². The number of carbonyl (C=O) groups excluding carboxylic acids is 2. The second-order valence-electron chi connectivity index (χ2n) is 8.36. The van der Waals surface area contributed by atoms with Crippen molar-refractivity contribution in [3.05, 3.63) is 105 Å². The van der Waals surface area contributed by atoms with Crippen molar-refractivity contribution in [1.82, 2.24) is 10.2 Å². The lowest BCUT2D eigenvalue weighted by Gasteiger charge is -2.32. The van der Waals surface area contributed by atoms with E-state index in [0.717, 1.165) is 32.3 Å². The Balaban J connectivity index is 1.98. The van der Waals surface area contributed by atoms with Crippen LogP contribution in [0.3, 0.4) is 0 Å². The van der Waals surface area contributed by atoms with Gasteiger partial charge in [-0.1, -0.05) is 82.2 Å². The average Bonchev–Trinajstić information content (AvgIpc) is 2.79. The second kappa shape index (κ2) is 11.8. The van der Waals surface area contributed by atoms with Crippen LogP contribution in [0.1, 0.15) is 34.7 Å². The summed E-state index contributed by atoms with van der Waals surface area (Å²) in [7, 11) is 0. The van der Waals surface area contributed by atoms with Crippen molar-refractivity contribution in [3.8, 4) is 0 Å². The van der Waals surface area contributed by atoms with Gasteiger partial charge in [0.05, 0.1) is 6.42 Å². The zero-order chi connectivity index (χ0) is 23.8. The van der Waals surface area contributed by atoms with Gasteiger partial charge < -0.3 is 10.2 Å². The predicted octanol–water partition coefficient (Wildman–Crippen LogP) is 5.38. The molecule has 33 heavy (non-hydrogen) atoms. The molecule has 0 aliphatic rings. The summed E-state index contributed by atoms with van der Waals surface area (Å²) in [5.74, 6) is -0.193. The minimum absolute atomic E-state index is 0.0594. The first-order valence-corrected chi connectivity index (χ1v) is 12.1. The number of nitrogens with one attached hydrogen (secondary N) is 1. The topological polar surface area (TPSA) is 49.4 Å². The van der Waals surface area contributed by atoms with Crippen molar-refractivity contribution >= 4 is 27.7 Å². The molecule has 3 aromatic carbocycles. The Morgan fingerprint density at radius 1 is 0.939 bits per heavy atom. The Bertz CT molecular complexity index is 1100. The van der Waals surface area contributed by atoms with Crippen LogP contribution < -0.4 is 5.32 Å². The Morgan fingerprint density at radius 2 is 1.67 bits per heavy atom. The number of hydrogen-bond donors (Lipinski definition) is 1. The summed E-state index contributed by atoms with van der Waals surface area (Å²) in [6.07, 6.45) is 0.714. The number of amides is 2. The van der Waals surface area contributed by atoms with Gasteiger partial charge in [0.25, 0.3) is 0 Å². The zero-order valence-electron chi connectivity index (χ0n) is 19.5. The van der Waals surface area contributed by atoms with E-state index in [4.69, 9.17) is 0 Å². The Morgan fingerprint density at radius 3 is 2.36 bits per heavy atom. The van der Waals surface area contributed by atoms with Gasteiger partial charge in [0.2, 0.25) is 11.8 Å². The molecule has 0 saturated heterocycles. The van der Waals surface area contributed by atoms with Crippen LogP contribution in [-0.2, 0) is 29.0 Å². The van der Waals surface area contributed by atoms with E-state index in [1.807, 2.05) is 81.4 Å². The minimum Gasteiger partial charge on any atom is -0.355 e. The van der Waals surface area contributed by atoms with Crippen molar-refractivity contribution in [2.24, 2.45) is 0 Å². The predicted molar refractivity (Wildman–Crippen MR) is 137 cm³/mol. The van der Waals surface area contributed by atoms with Gasteiger partial charge in [0, 0.05) is 24.0 Å². The monoisotopic (exact) mass is 506 g/mol. The van der Waals surface area contributed by atoms with Crippen LogP contribution in [0.4, 0.5) is 0 Å². The summed E-state index contributed by atoms with van der Waals surface area (Å²) in [6, 6.07) is 23.3. The zero-order valence-corrected chi connectivity index (χ0v) is 21.1. The molecule has 0 bridgehead atoms. The molecule has 1 atom stereocenters. The van der Waals surface area contributed by atoms with Gasteiger partial charge in [-0.25, -0.2) is 0 Å². The molecule has 0 radical (unpaired) electrons. The van der Waals surface area contributed by atoms with Crippen LogP contribution in [0, 0.1) is 13.8 Å². The molecule has 2 amide bonds. The van der Waals surface area contributed by atoms with Gasteiger partial charge in [-0.3, -0.25) is 9.59 Å². The third kappa shape index (κ3) is 7.03. The number of aryl methyl sites for hydroxylation is 2. The summed E-state index contributed by atoms with van der Waals surface area (Å²) in [6.45, 7) is 6.82. The fourth-order valence-corrected chi connectivity index (χ4v) is 4.38. The largest absolute Gasteiger partial charge is 0.355 e. The van der Waals surface area contributed by atoms with Gasteiger partial charge in [-0.15, -0.1) is 0 Å². The van der Waals surface area contributed by atoms with Crippen molar-refractivity contribution in [3.63, 3.8) is 0 Å². The number of rotatable bonds is 9. The van der Waals surface area contributed by atoms with E-state index in [-0.39, 0.29) is 18.2 Å². The highest BCUT2D eigenvalue weighted by Gasteiger charge is 2.30. The second-order valence-corrected chi connectivity index (χ2v) is 9.27. The number of likely N-dealkylation sites (N-methyl/N-ethyl adjacent to an activating group) is 1. The van der Waals surface area contributed by atoms with Gasteiger partial charge in [-0.2, -0.15) is 0 Å². The summed E-state index contributed by atoms with van der Waals surface area (Å²) < 4.78 is 0.944. The molecule has 1 N–H and O–H groups in total. The van der Waals surface area contributed by atoms with E-state index in [9.17, 15) is 9.59 Å².